The van der Waals surface area contributed by atoms with Gasteiger partial charge in [-0.1, -0.05) is 17.7 Å². The van der Waals surface area contributed by atoms with Crippen LogP contribution in [-0.4, -0.2) is 63.8 Å². The number of pyridine rings is 2. The third-order valence-electron chi connectivity index (χ3n) is 5.36. The molecule has 162 valence electrons. The number of halogens is 1. The summed E-state index contributed by atoms with van der Waals surface area (Å²) >= 11 is 6.25. The second-order valence-electron chi connectivity index (χ2n) is 7.84. The van der Waals surface area contributed by atoms with Crippen LogP contribution in [0.4, 0.5) is 5.82 Å². The van der Waals surface area contributed by atoms with E-state index in [4.69, 9.17) is 11.6 Å². The topological polar surface area (TPSA) is 79.2 Å². The predicted molar refractivity (Wildman–Crippen MR) is 121 cm³/mol. The minimum Gasteiger partial charge on any atom is -0.354 e. The largest absolute Gasteiger partial charge is 0.354 e. The van der Waals surface area contributed by atoms with E-state index in [1.54, 1.807) is 23.0 Å². The van der Waals surface area contributed by atoms with E-state index in [1.165, 1.54) is 0 Å². The summed E-state index contributed by atoms with van der Waals surface area (Å²) in [4.78, 5) is 26.3. The molecule has 1 amide bonds. The van der Waals surface area contributed by atoms with Crippen molar-refractivity contribution in [3.8, 4) is 5.82 Å². The van der Waals surface area contributed by atoms with E-state index in [2.05, 4.69) is 37.2 Å². The molecular weight excluding hydrogens is 414 g/mol. The molecule has 9 heteroatoms. The van der Waals surface area contributed by atoms with Gasteiger partial charge in [0.2, 0.25) is 0 Å². The molecule has 0 spiro atoms. The lowest BCUT2D eigenvalue weighted by molar-refractivity contribution is 0.0946. The number of nitrogens with one attached hydrogen (secondary N) is 1. The molecule has 0 atom stereocenters. The molecule has 4 heterocycles. The van der Waals surface area contributed by atoms with Crippen LogP contribution in [0.25, 0.3) is 5.82 Å². The van der Waals surface area contributed by atoms with Gasteiger partial charge in [0.1, 0.15) is 11.5 Å². The number of amides is 1. The zero-order valence-electron chi connectivity index (χ0n) is 18.0. The van der Waals surface area contributed by atoms with Gasteiger partial charge in [-0.15, -0.1) is 0 Å². The number of rotatable bonds is 5. The number of carbonyl (C=O) groups excluding carboxylic acids is 1. The third-order valence-corrected chi connectivity index (χ3v) is 5.67. The highest BCUT2D eigenvalue weighted by Gasteiger charge is 2.17. The fourth-order valence-electron chi connectivity index (χ4n) is 3.58. The highest BCUT2D eigenvalue weighted by molar-refractivity contribution is 6.33. The first-order valence-electron chi connectivity index (χ1n) is 10.3. The van der Waals surface area contributed by atoms with Gasteiger partial charge in [0.15, 0.2) is 5.82 Å². The molecule has 8 nitrogen and oxygen atoms in total. The minimum atomic E-state index is -0.337. The highest BCUT2D eigenvalue weighted by Crippen LogP contribution is 2.18. The molecule has 0 unspecified atom stereocenters. The highest BCUT2D eigenvalue weighted by atomic mass is 35.5. The van der Waals surface area contributed by atoms with E-state index >= 15 is 0 Å². The smallest absolute Gasteiger partial charge is 0.271 e. The van der Waals surface area contributed by atoms with Crippen LogP contribution in [0, 0.1) is 13.8 Å². The molecule has 1 saturated heterocycles. The average molecular weight is 440 g/mol. The van der Waals surface area contributed by atoms with Crippen LogP contribution < -0.4 is 10.2 Å². The molecule has 1 N–H and O–H groups in total. The molecule has 3 aromatic heterocycles. The summed E-state index contributed by atoms with van der Waals surface area (Å²) in [6, 6.07) is 9.36. The van der Waals surface area contributed by atoms with Crippen LogP contribution in [0.1, 0.15) is 27.4 Å². The molecule has 0 bridgehead atoms. The quantitative estimate of drug-likeness (QED) is 0.658. The van der Waals surface area contributed by atoms with Gasteiger partial charge in [-0.05, 0) is 50.7 Å². The number of anilines is 1. The molecule has 0 aliphatic carbocycles. The Kier molecular flexibility index (Phi) is 6.20. The van der Waals surface area contributed by atoms with Gasteiger partial charge in [-0.3, -0.25) is 4.79 Å². The molecule has 0 aromatic carbocycles. The lowest BCUT2D eigenvalue weighted by Gasteiger charge is -2.33. The normalized spacial score (nSPS) is 14.6. The Morgan fingerprint density at radius 2 is 1.84 bits per heavy atom. The average Bonchev–Trinajstić information content (AvgIpc) is 3.11. The van der Waals surface area contributed by atoms with E-state index < -0.39 is 0 Å². The van der Waals surface area contributed by atoms with Crippen molar-refractivity contribution in [3.05, 3.63) is 64.2 Å². The van der Waals surface area contributed by atoms with Gasteiger partial charge in [-0.25, -0.2) is 14.6 Å². The van der Waals surface area contributed by atoms with Crippen molar-refractivity contribution in [2.75, 3.05) is 38.1 Å². The van der Waals surface area contributed by atoms with Crippen molar-refractivity contribution in [1.82, 2.24) is 30.0 Å². The van der Waals surface area contributed by atoms with E-state index in [9.17, 15) is 4.79 Å². The summed E-state index contributed by atoms with van der Waals surface area (Å²) in [5.41, 5.74) is 2.91. The number of aromatic nitrogens is 4. The summed E-state index contributed by atoms with van der Waals surface area (Å²) in [6.07, 6.45) is 1.80. The first-order chi connectivity index (χ1) is 14.9. The summed E-state index contributed by atoms with van der Waals surface area (Å²) in [5.74, 6) is 1.18. The van der Waals surface area contributed by atoms with Crippen molar-refractivity contribution < 1.29 is 4.79 Å². The van der Waals surface area contributed by atoms with E-state index in [-0.39, 0.29) is 11.6 Å². The van der Waals surface area contributed by atoms with Crippen molar-refractivity contribution >= 4 is 23.3 Å². The lowest BCUT2D eigenvalue weighted by Crippen LogP contribution is -2.44. The Labute approximate surface area is 186 Å². The number of hydrogen-bond donors (Lipinski definition) is 1. The van der Waals surface area contributed by atoms with Crippen LogP contribution in [0.2, 0.25) is 5.02 Å². The Morgan fingerprint density at radius 1 is 1.10 bits per heavy atom. The fraction of sp³-hybridized carbons (Fsp3) is 0.364. The van der Waals surface area contributed by atoms with Crippen molar-refractivity contribution in [2.24, 2.45) is 0 Å². The van der Waals surface area contributed by atoms with Gasteiger partial charge < -0.3 is 15.1 Å². The Morgan fingerprint density at radius 3 is 2.48 bits per heavy atom. The number of aryl methyl sites for hydroxylation is 2. The second-order valence-corrected chi connectivity index (χ2v) is 8.24. The first-order valence-corrected chi connectivity index (χ1v) is 10.7. The molecule has 4 rings (SSSR count). The van der Waals surface area contributed by atoms with Gasteiger partial charge in [-0.2, -0.15) is 5.10 Å². The van der Waals surface area contributed by atoms with Gasteiger partial charge in [0, 0.05) is 44.6 Å². The van der Waals surface area contributed by atoms with Gasteiger partial charge in [0.05, 0.1) is 10.7 Å². The Balaban J connectivity index is 1.42. The molecule has 31 heavy (non-hydrogen) atoms. The van der Waals surface area contributed by atoms with Crippen LogP contribution >= 0.6 is 11.6 Å². The summed E-state index contributed by atoms with van der Waals surface area (Å²) in [5, 5.41) is 7.60. The number of carbonyl (C=O) groups is 1. The molecule has 1 fully saturated rings. The van der Waals surface area contributed by atoms with E-state index in [0.717, 1.165) is 48.9 Å². The van der Waals surface area contributed by atoms with Crippen LogP contribution in [-0.2, 0) is 6.54 Å². The Bertz CT molecular complexity index is 1070. The van der Waals surface area contributed by atoms with Gasteiger partial charge >= 0.3 is 0 Å². The molecule has 0 saturated carbocycles. The van der Waals surface area contributed by atoms with Crippen LogP contribution in [0.3, 0.4) is 0 Å². The van der Waals surface area contributed by atoms with Crippen LogP contribution in [0.5, 0.6) is 0 Å². The van der Waals surface area contributed by atoms with E-state index in [0.29, 0.717) is 17.4 Å². The molecule has 0 radical (unpaired) electrons. The maximum absolute atomic E-state index is 12.7. The Hall–Kier alpha value is -2.97. The number of nitrogens with zero attached hydrogens (tertiary/aromatic N) is 6. The molecular formula is C22H26ClN7O. The fourth-order valence-corrected chi connectivity index (χ4v) is 3.77. The number of piperazine rings is 1. The summed E-state index contributed by atoms with van der Waals surface area (Å²) in [6.45, 7) is 8.19. The monoisotopic (exact) mass is 439 g/mol. The maximum Gasteiger partial charge on any atom is 0.271 e. The lowest BCUT2D eigenvalue weighted by atomic mass is 10.2. The van der Waals surface area contributed by atoms with Crippen LogP contribution in [0.15, 0.2) is 36.5 Å². The van der Waals surface area contributed by atoms with Crippen molar-refractivity contribution in [2.45, 2.75) is 20.4 Å². The summed E-state index contributed by atoms with van der Waals surface area (Å²) < 4.78 is 1.70. The van der Waals surface area contributed by atoms with Crippen molar-refractivity contribution in [1.29, 1.82) is 0 Å². The first kappa shape index (κ1) is 21.3. The van der Waals surface area contributed by atoms with E-state index in [1.807, 2.05) is 32.0 Å². The standard InChI is InChI=1S/C22H26ClN7O/c1-15-12-16(2)30(27-15)20-7-5-18(23)21(26-20)22(31)25-14-17-4-6-19(24-13-17)29-10-8-28(3)9-11-29/h4-7,12-13H,8-11,14H2,1-3H3,(H,25,31). The summed E-state index contributed by atoms with van der Waals surface area (Å²) in [7, 11) is 2.13. The number of likely N-dealkylation sites (N-methyl/N-ethyl adjacent to an activating group) is 1. The van der Waals surface area contributed by atoms with Crippen molar-refractivity contribution in [3.63, 3.8) is 0 Å². The minimum absolute atomic E-state index is 0.175. The maximum atomic E-state index is 12.7. The van der Waals surface area contributed by atoms with Gasteiger partial charge in [0.25, 0.3) is 5.91 Å². The third kappa shape index (κ3) is 4.86. The zero-order valence-corrected chi connectivity index (χ0v) is 18.7. The predicted octanol–water partition coefficient (Wildman–Crippen LogP) is 2.61. The number of hydrogen-bond acceptors (Lipinski definition) is 6. The molecule has 1 aliphatic rings. The molecule has 1 aliphatic heterocycles. The molecule has 3 aromatic rings. The zero-order chi connectivity index (χ0) is 22.0. The SMILES string of the molecule is Cc1cc(C)n(-c2ccc(Cl)c(C(=O)NCc3ccc(N4CCN(C)CC4)nc3)n2)n1. The second kappa shape index (κ2) is 9.03.